The van der Waals surface area contributed by atoms with Crippen molar-refractivity contribution in [2.45, 2.75) is 13.3 Å². The van der Waals surface area contributed by atoms with Gasteiger partial charge in [0.2, 0.25) is 0 Å². The van der Waals surface area contributed by atoms with Crippen LogP contribution in [0.1, 0.15) is 12.0 Å². The van der Waals surface area contributed by atoms with Gasteiger partial charge >= 0.3 is 0 Å². The van der Waals surface area contributed by atoms with Crippen molar-refractivity contribution in [3.63, 3.8) is 0 Å². The normalized spacial score (nSPS) is 15.1. The van der Waals surface area contributed by atoms with Crippen molar-refractivity contribution in [1.82, 2.24) is 4.90 Å². The van der Waals surface area contributed by atoms with Crippen LogP contribution in [0.2, 0.25) is 0 Å². The zero-order valence-corrected chi connectivity index (χ0v) is 15.5. The average Bonchev–Trinajstić information content (AvgIpc) is 2.64. The van der Waals surface area contributed by atoms with E-state index < -0.39 is 0 Å². The lowest BCUT2D eigenvalue weighted by atomic mass is 10.2. The van der Waals surface area contributed by atoms with Gasteiger partial charge in [0.25, 0.3) is 0 Å². The molecule has 0 aromatic heterocycles. The highest BCUT2D eigenvalue weighted by molar-refractivity contribution is 5.87. The van der Waals surface area contributed by atoms with Gasteiger partial charge in [-0.05, 0) is 42.8 Å². The number of nitrogens with two attached hydrogens (primary N) is 1. The van der Waals surface area contributed by atoms with Gasteiger partial charge in [0, 0.05) is 44.0 Å². The molecule has 0 saturated carbocycles. The maximum absolute atomic E-state index is 14.2. The molecule has 1 aliphatic heterocycles. The summed E-state index contributed by atoms with van der Waals surface area (Å²) in [5, 5.41) is 0. The van der Waals surface area contributed by atoms with E-state index in [1.165, 1.54) is 18.2 Å². The summed E-state index contributed by atoms with van der Waals surface area (Å²) in [5.74, 6) is 0.128. The van der Waals surface area contributed by atoms with Crippen LogP contribution in [-0.2, 0) is 0 Å². The van der Waals surface area contributed by atoms with Gasteiger partial charge in [-0.15, -0.1) is 0 Å². The van der Waals surface area contributed by atoms with Crippen molar-refractivity contribution in [2.75, 3.05) is 31.1 Å². The number of aryl methyl sites for hydroxylation is 1. The number of para-hydroxylation sites is 1. The van der Waals surface area contributed by atoms with E-state index in [9.17, 15) is 8.78 Å². The fourth-order valence-electron chi connectivity index (χ4n) is 3.19. The van der Waals surface area contributed by atoms with E-state index in [0.717, 1.165) is 43.3 Å². The third-order valence-electron chi connectivity index (χ3n) is 4.65. The zero-order chi connectivity index (χ0) is 19.4. The zero-order valence-electron chi connectivity index (χ0n) is 15.5. The highest BCUT2D eigenvalue weighted by atomic mass is 19.1. The summed E-state index contributed by atoms with van der Waals surface area (Å²) in [6.07, 6.45) is 0.393. The largest absolute Gasteiger partial charge is 0.402 e. The van der Waals surface area contributed by atoms with E-state index in [0.29, 0.717) is 17.8 Å². The summed E-state index contributed by atoms with van der Waals surface area (Å²) < 4.78 is 27.3. The first-order valence-electron chi connectivity index (χ1n) is 8.95. The Hall–Kier alpha value is -2.89. The molecule has 2 aromatic rings. The summed E-state index contributed by atoms with van der Waals surface area (Å²) in [7, 11) is 0. The molecule has 1 aliphatic rings. The van der Waals surface area contributed by atoms with Crippen LogP contribution in [-0.4, -0.2) is 36.9 Å². The number of aliphatic imine (C=N–C) groups is 1. The van der Waals surface area contributed by atoms with Crippen LogP contribution in [0.4, 0.5) is 20.2 Å². The molecule has 27 heavy (non-hydrogen) atoms. The van der Waals surface area contributed by atoms with E-state index in [-0.39, 0.29) is 11.6 Å². The summed E-state index contributed by atoms with van der Waals surface area (Å²) >= 11 is 0. The van der Waals surface area contributed by atoms with Crippen LogP contribution in [0, 0.1) is 18.6 Å². The van der Waals surface area contributed by atoms with Gasteiger partial charge in [0.15, 0.2) is 0 Å². The number of nitrogens with zero attached hydrogens (tertiary/aromatic N) is 3. The molecule has 0 bridgehead atoms. The number of hydrogen-bond donors (Lipinski definition) is 1. The molecule has 0 unspecified atom stereocenters. The summed E-state index contributed by atoms with van der Waals surface area (Å²) in [5.41, 5.74) is 8.42. The smallest absolute Gasteiger partial charge is 0.149 e. The number of hydrogen-bond acceptors (Lipinski definition) is 3. The van der Waals surface area contributed by atoms with Crippen molar-refractivity contribution in [3.8, 4) is 0 Å². The lowest BCUT2D eigenvalue weighted by Crippen LogP contribution is -2.49. The molecule has 2 aromatic carbocycles. The van der Waals surface area contributed by atoms with Crippen LogP contribution >= 0.6 is 0 Å². The number of rotatable bonds is 4. The Labute approximate surface area is 158 Å². The standard InChI is InChI=1S/C21H24F2N4/c1-15-4-3-5-19(23)21(15)25-20(14-16(2)24)27-12-10-26(11-13-27)18-8-6-17(22)7-9-18/h3-9H,2,10-14,24H2,1H3. The molecule has 0 spiro atoms. The van der Waals surface area contributed by atoms with E-state index in [1.807, 2.05) is 13.0 Å². The Morgan fingerprint density at radius 3 is 2.33 bits per heavy atom. The molecular weight excluding hydrogens is 346 g/mol. The minimum absolute atomic E-state index is 0.242. The molecule has 6 heteroatoms. The topological polar surface area (TPSA) is 44.9 Å². The number of halogens is 2. The van der Waals surface area contributed by atoms with Crippen LogP contribution in [0.5, 0.6) is 0 Å². The molecule has 0 atom stereocenters. The van der Waals surface area contributed by atoms with Crippen molar-refractivity contribution in [2.24, 2.45) is 10.7 Å². The first-order valence-corrected chi connectivity index (χ1v) is 8.95. The summed E-state index contributed by atoms with van der Waals surface area (Å²) in [6, 6.07) is 11.4. The molecule has 1 saturated heterocycles. The highest BCUT2D eigenvalue weighted by Gasteiger charge is 2.21. The number of amidine groups is 1. The molecule has 1 fully saturated rings. The van der Waals surface area contributed by atoms with Gasteiger partial charge in [-0.1, -0.05) is 18.7 Å². The third-order valence-corrected chi connectivity index (χ3v) is 4.65. The second-order valence-electron chi connectivity index (χ2n) is 6.72. The van der Waals surface area contributed by atoms with Crippen molar-refractivity contribution in [1.29, 1.82) is 0 Å². The first kappa shape index (κ1) is 18.9. The van der Waals surface area contributed by atoms with Crippen LogP contribution in [0.25, 0.3) is 0 Å². The number of piperazine rings is 1. The molecule has 3 rings (SSSR count). The summed E-state index contributed by atoms with van der Waals surface area (Å²) in [6.45, 7) is 8.58. The molecular formula is C21H24F2N4. The quantitative estimate of drug-likeness (QED) is 0.654. The Morgan fingerprint density at radius 2 is 1.74 bits per heavy atom. The molecule has 142 valence electrons. The Balaban J connectivity index is 1.78. The van der Waals surface area contributed by atoms with Gasteiger partial charge in [-0.3, -0.25) is 0 Å². The molecule has 2 N–H and O–H groups in total. The first-order chi connectivity index (χ1) is 12.9. The second-order valence-corrected chi connectivity index (χ2v) is 6.72. The van der Waals surface area contributed by atoms with Gasteiger partial charge in [0.1, 0.15) is 23.2 Å². The molecule has 0 radical (unpaired) electrons. The fraction of sp³-hybridized carbons (Fsp3) is 0.286. The van der Waals surface area contributed by atoms with Gasteiger partial charge in [-0.25, -0.2) is 13.8 Å². The molecule has 4 nitrogen and oxygen atoms in total. The highest BCUT2D eigenvalue weighted by Crippen LogP contribution is 2.24. The number of anilines is 1. The monoisotopic (exact) mass is 370 g/mol. The van der Waals surface area contributed by atoms with E-state index in [2.05, 4.69) is 21.4 Å². The second kappa shape index (κ2) is 8.20. The van der Waals surface area contributed by atoms with Crippen LogP contribution < -0.4 is 10.6 Å². The minimum atomic E-state index is -0.347. The molecule has 1 heterocycles. The number of benzene rings is 2. The predicted octanol–water partition coefficient (Wildman–Crippen LogP) is 3.99. The Morgan fingerprint density at radius 1 is 1.07 bits per heavy atom. The van der Waals surface area contributed by atoms with Crippen molar-refractivity contribution in [3.05, 3.63) is 71.9 Å². The third kappa shape index (κ3) is 4.64. The van der Waals surface area contributed by atoms with Crippen molar-refractivity contribution >= 4 is 17.2 Å². The van der Waals surface area contributed by atoms with Crippen LogP contribution in [0.3, 0.4) is 0 Å². The van der Waals surface area contributed by atoms with E-state index in [4.69, 9.17) is 5.73 Å². The molecule has 0 amide bonds. The SMILES string of the molecule is C=C(N)CC(=Nc1c(C)cccc1F)N1CCN(c2ccc(F)cc2)CC1. The average molecular weight is 370 g/mol. The van der Waals surface area contributed by atoms with E-state index >= 15 is 0 Å². The van der Waals surface area contributed by atoms with E-state index in [1.54, 1.807) is 18.2 Å². The van der Waals surface area contributed by atoms with Gasteiger partial charge in [-0.2, -0.15) is 0 Å². The fourth-order valence-corrected chi connectivity index (χ4v) is 3.19. The maximum atomic E-state index is 14.2. The van der Waals surface area contributed by atoms with Gasteiger partial charge in [0.05, 0.1) is 0 Å². The van der Waals surface area contributed by atoms with Gasteiger partial charge < -0.3 is 15.5 Å². The lowest BCUT2D eigenvalue weighted by molar-refractivity contribution is 0.380. The predicted molar refractivity (Wildman–Crippen MR) is 106 cm³/mol. The summed E-state index contributed by atoms with van der Waals surface area (Å²) in [4.78, 5) is 8.90. The van der Waals surface area contributed by atoms with Crippen LogP contribution in [0.15, 0.2) is 59.7 Å². The van der Waals surface area contributed by atoms with Crippen molar-refractivity contribution < 1.29 is 8.78 Å². The maximum Gasteiger partial charge on any atom is 0.149 e. The minimum Gasteiger partial charge on any atom is -0.402 e. The Bertz CT molecular complexity index is 818. The Kier molecular flexibility index (Phi) is 5.74. The molecule has 0 aliphatic carbocycles. The lowest BCUT2D eigenvalue weighted by Gasteiger charge is -2.38.